The minimum Gasteiger partial charge on any atom is -0.348 e. The second-order valence-corrected chi connectivity index (χ2v) is 4.96. The Morgan fingerprint density at radius 3 is 2.85 bits per heavy atom. The molecular weight excluding hydrogens is 254 g/mol. The maximum absolute atomic E-state index is 11.3. The van der Waals surface area contributed by atoms with Crippen LogP contribution in [0.4, 0.5) is 0 Å². The molecule has 6 nitrogen and oxygen atoms in total. The van der Waals surface area contributed by atoms with Gasteiger partial charge in [-0.15, -0.1) is 0 Å². The Hall–Kier alpha value is -2.34. The molecule has 0 aliphatic rings. The van der Waals surface area contributed by atoms with Gasteiger partial charge in [0, 0.05) is 18.3 Å². The third-order valence-electron chi connectivity index (χ3n) is 3.55. The third kappa shape index (κ3) is 2.37. The highest BCUT2D eigenvalue weighted by atomic mass is 16.1. The van der Waals surface area contributed by atoms with Gasteiger partial charge in [-0.25, -0.2) is 9.78 Å². The number of aromatic nitrogens is 4. The third-order valence-corrected chi connectivity index (χ3v) is 3.55. The second-order valence-electron chi connectivity index (χ2n) is 4.96. The molecule has 2 aromatic heterocycles. The second kappa shape index (κ2) is 4.97. The van der Waals surface area contributed by atoms with E-state index < -0.39 is 0 Å². The number of imidazole rings is 2. The summed E-state index contributed by atoms with van der Waals surface area (Å²) in [5.41, 5.74) is 4.71. The van der Waals surface area contributed by atoms with Gasteiger partial charge in [-0.1, -0.05) is 6.07 Å². The summed E-state index contributed by atoms with van der Waals surface area (Å²) in [5, 5.41) is 3.43. The van der Waals surface area contributed by atoms with Crippen molar-refractivity contribution in [2.45, 2.75) is 26.4 Å². The van der Waals surface area contributed by atoms with Crippen LogP contribution in [0.5, 0.6) is 0 Å². The minimum absolute atomic E-state index is 0.175. The van der Waals surface area contributed by atoms with Gasteiger partial charge >= 0.3 is 5.69 Å². The lowest BCUT2D eigenvalue weighted by Gasteiger charge is -2.13. The highest BCUT2D eigenvalue weighted by Gasteiger charge is 2.08. The van der Waals surface area contributed by atoms with E-state index in [2.05, 4.69) is 32.2 Å². The first-order chi connectivity index (χ1) is 9.63. The molecule has 104 valence electrons. The molecule has 20 heavy (non-hydrogen) atoms. The first-order valence-corrected chi connectivity index (χ1v) is 6.57. The normalized spacial score (nSPS) is 12.9. The zero-order chi connectivity index (χ0) is 14.1. The van der Waals surface area contributed by atoms with E-state index in [1.165, 1.54) is 0 Å². The zero-order valence-corrected chi connectivity index (χ0v) is 11.4. The summed E-state index contributed by atoms with van der Waals surface area (Å²) in [6.07, 6.45) is 1.70. The molecule has 2 heterocycles. The first kappa shape index (κ1) is 12.7. The zero-order valence-electron chi connectivity index (χ0n) is 11.4. The Labute approximate surface area is 115 Å². The van der Waals surface area contributed by atoms with E-state index in [-0.39, 0.29) is 11.7 Å². The predicted octanol–water partition coefficient (Wildman–Crippen LogP) is 1.74. The number of H-pyrrole nitrogens is 3. The first-order valence-electron chi connectivity index (χ1n) is 6.57. The monoisotopic (exact) mass is 271 g/mol. The topological polar surface area (TPSA) is 89.4 Å². The molecule has 1 unspecified atom stereocenters. The summed E-state index contributed by atoms with van der Waals surface area (Å²) in [4.78, 5) is 24.1. The number of nitrogens with zero attached hydrogens (tertiary/aromatic N) is 1. The summed E-state index contributed by atoms with van der Waals surface area (Å²) >= 11 is 0. The largest absolute Gasteiger partial charge is 0.348 e. The average Bonchev–Trinajstić information content (AvgIpc) is 2.99. The highest BCUT2D eigenvalue weighted by molar-refractivity contribution is 5.75. The summed E-state index contributed by atoms with van der Waals surface area (Å²) in [7, 11) is 0. The summed E-state index contributed by atoms with van der Waals surface area (Å²) in [6.45, 7) is 4.80. The Morgan fingerprint density at radius 1 is 1.30 bits per heavy atom. The molecule has 3 aromatic rings. The molecule has 0 radical (unpaired) electrons. The molecule has 6 heteroatoms. The number of aromatic amines is 3. The molecule has 0 fully saturated rings. The average molecular weight is 271 g/mol. The number of nitrogens with one attached hydrogen (secondary N) is 4. The molecule has 0 aliphatic heterocycles. The van der Waals surface area contributed by atoms with Gasteiger partial charge in [0.05, 0.1) is 23.1 Å². The van der Waals surface area contributed by atoms with E-state index >= 15 is 0 Å². The van der Waals surface area contributed by atoms with Crippen LogP contribution in [0, 0.1) is 6.92 Å². The van der Waals surface area contributed by atoms with E-state index in [4.69, 9.17) is 0 Å². The lowest BCUT2D eigenvalue weighted by atomic mass is 10.1. The van der Waals surface area contributed by atoms with E-state index in [1.807, 2.05) is 25.1 Å². The van der Waals surface area contributed by atoms with Crippen LogP contribution in [0.25, 0.3) is 11.0 Å². The molecule has 4 N–H and O–H groups in total. The minimum atomic E-state index is -0.176. The molecule has 0 aliphatic carbocycles. The number of fused-ring (bicyclic) bond motifs is 1. The Balaban J connectivity index is 1.76. The quantitative estimate of drug-likeness (QED) is 0.582. The molecule has 0 saturated heterocycles. The van der Waals surface area contributed by atoms with Crippen molar-refractivity contribution in [2.24, 2.45) is 0 Å². The maximum Gasteiger partial charge on any atom is 0.323 e. The molecule has 0 amide bonds. The fourth-order valence-electron chi connectivity index (χ4n) is 2.25. The number of rotatable bonds is 4. The van der Waals surface area contributed by atoms with Crippen molar-refractivity contribution in [2.75, 3.05) is 0 Å². The fourth-order valence-corrected chi connectivity index (χ4v) is 2.25. The van der Waals surface area contributed by atoms with Gasteiger partial charge in [-0.2, -0.15) is 0 Å². The van der Waals surface area contributed by atoms with Crippen LogP contribution in [0.2, 0.25) is 0 Å². The van der Waals surface area contributed by atoms with Gasteiger partial charge < -0.3 is 20.3 Å². The van der Waals surface area contributed by atoms with Crippen LogP contribution in [0.1, 0.15) is 29.9 Å². The predicted molar refractivity (Wildman–Crippen MR) is 77.5 cm³/mol. The van der Waals surface area contributed by atoms with Crippen molar-refractivity contribution in [1.29, 1.82) is 0 Å². The van der Waals surface area contributed by atoms with Crippen LogP contribution >= 0.6 is 0 Å². The summed E-state index contributed by atoms with van der Waals surface area (Å²) in [5.74, 6) is 0. The number of aryl methyl sites for hydroxylation is 1. The Bertz CT molecular complexity index is 782. The van der Waals surface area contributed by atoms with Crippen molar-refractivity contribution < 1.29 is 0 Å². The molecule has 1 atom stereocenters. The standard InChI is InChI=1S/C14H17N5O/c1-8(15-6-13-9(2)16-7-17-13)10-3-4-11-12(5-10)19-14(20)18-11/h3-5,7-8,15H,6H2,1-2H3,(H,16,17)(H2,18,19,20). The van der Waals surface area contributed by atoms with E-state index in [0.717, 1.165) is 28.0 Å². The summed E-state index contributed by atoms with van der Waals surface area (Å²) < 4.78 is 0. The highest BCUT2D eigenvalue weighted by Crippen LogP contribution is 2.17. The van der Waals surface area contributed by atoms with Crippen molar-refractivity contribution >= 4 is 11.0 Å². The molecule has 0 bridgehead atoms. The lowest BCUT2D eigenvalue weighted by molar-refractivity contribution is 0.568. The van der Waals surface area contributed by atoms with Crippen LogP contribution in [-0.4, -0.2) is 19.9 Å². The van der Waals surface area contributed by atoms with Gasteiger partial charge in [0.15, 0.2) is 0 Å². The van der Waals surface area contributed by atoms with Gasteiger partial charge in [0.2, 0.25) is 0 Å². The van der Waals surface area contributed by atoms with Crippen LogP contribution < -0.4 is 11.0 Å². The number of benzene rings is 1. The van der Waals surface area contributed by atoms with Gasteiger partial charge in [-0.05, 0) is 31.5 Å². The maximum atomic E-state index is 11.3. The molecule has 0 saturated carbocycles. The van der Waals surface area contributed by atoms with Gasteiger partial charge in [0.1, 0.15) is 0 Å². The molecule has 0 spiro atoms. The molecular formula is C14H17N5O. The smallest absolute Gasteiger partial charge is 0.323 e. The Kier molecular flexibility index (Phi) is 3.15. The van der Waals surface area contributed by atoms with Crippen molar-refractivity contribution in [3.8, 4) is 0 Å². The molecule has 1 aromatic carbocycles. The van der Waals surface area contributed by atoms with Gasteiger partial charge in [-0.3, -0.25) is 0 Å². The van der Waals surface area contributed by atoms with Crippen LogP contribution in [0.15, 0.2) is 29.3 Å². The number of hydrogen-bond donors (Lipinski definition) is 4. The van der Waals surface area contributed by atoms with Gasteiger partial charge in [0.25, 0.3) is 0 Å². The summed E-state index contributed by atoms with van der Waals surface area (Å²) in [6, 6.07) is 6.10. The lowest BCUT2D eigenvalue weighted by Crippen LogP contribution is -2.18. The van der Waals surface area contributed by atoms with Crippen LogP contribution in [-0.2, 0) is 6.54 Å². The Morgan fingerprint density at radius 2 is 2.10 bits per heavy atom. The fraction of sp³-hybridized carbons (Fsp3) is 0.286. The van der Waals surface area contributed by atoms with Crippen LogP contribution in [0.3, 0.4) is 0 Å². The SMILES string of the molecule is Cc1[nH]cnc1CNC(C)c1ccc2[nH]c(=O)[nH]c2c1. The van der Waals surface area contributed by atoms with E-state index in [9.17, 15) is 4.79 Å². The van der Waals surface area contributed by atoms with Crippen molar-refractivity contribution in [1.82, 2.24) is 25.3 Å². The van der Waals surface area contributed by atoms with Crippen molar-refractivity contribution in [3.05, 3.63) is 52.0 Å². The van der Waals surface area contributed by atoms with E-state index in [1.54, 1.807) is 6.33 Å². The van der Waals surface area contributed by atoms with E-state index in [0.29, 0.717) is 6.54 Å². The molecule has 3 rings (SSSR count). The number of hydrogen-bond acceptors (Lipinski definition) is 3. The van der Waals surface area contributed by atoms with Crippen molar-refractivity contribution in [3.63, 3.8) is 0 Å².